The second kappa shape index (κ2) is 6.22. The first-order chi connectivity index (χ1) is 10.5. The summed E-state index contributed by atoms with van der Waals surface area (Å²) in [5.41, 5.74) is 0.969. The van der Waals surface area contributed by atoms with E-state index < -0.39 is 9.84 Å². The Balaban J connectivity index is 1.68. The molecule has 7 heteroatoms. The number of fused-ring (bicyclic) bond motifs is 1. The number of rotatable bonds is 3. The van der Waals surface area contributed by atoms with Crippen LogP contribution in [0.3, 0.4) is 0 Å². The molecule has 2 aliphatic heterocycles. The van der Waals surface area contributed by atoms with Crippen LogP contribution in [0.25, 0.3) is 0 Å². The van der Waals surface area contributed by atoms with Crippen molar-refractivity contribution in [2.75, 3.05) is 42.3 Å². The summed E-state index contributed by atoms with van der Waals surface area (Å²) in [6, 6.07) is 7.89. The van der Waals surface area contributed by atoms with Crippen LogP contribution in [-0.4, -0.2) is 62.7 Å². The fraction of sp³-hybridized carbons (Fsp3) is 0.533. The van der Waals surface area contributed by atoms with Crippen LogP contribution in [0, 0.1) is 0 Å². The molecule has 5 nitrogen and oxygen atoms in total. The Hall–Kier alpha value is -1.05. The average Bonchev–Trinajstić information content (AvgIpc) is 2.87. The average molecular weight is 340 g/mol. The van der Waals surface area contributed by atoms with Gasteiger partial charge in [0.2, 0.25) is 5.91 Å². The van der Waals surface area contributed by atoms with E-state index in [0.29, 0.717) is 13.0 Å². The van der Waals surface area contributed by atoms with Gasteiger partial charge in [0.05, 0.1) is 23.7 Å². The molecule has 2 heterocycles. The van der Waals surface area contributed by atoms with Crippen molar-refractivity contribution < 1.29 is 13.2 Å². The van der Waals surface area contributed by atoms with Crippen LogP contribution in [0.15, 0.2) is 29.2 Å². The molecule has 0 bridgehead atoms. The predicted octanol–water partition coefficient (Wildman–Crippen LogP) is 1.24. The summed E-state index contributed by atoms with van der Waals surface area (Å²) in [7, 11) is -1.08. The van der Waals surface area contributed by atoms with E-state index in [1.54, 1.807) is 11.8 Å². The molecule has 0 aromatic heterocycles. The van der Waals surface area contributed by atoms with Gasteiger partial charge in [-0.2, -0.15) is 0 Å². The molecule has 0 spiro atoms. The molecule has 1 saturated heterocycles. The van der Waals surface area contributed by atoms with Gasteiger partial charge in [-0.15, -0.1) is 11.8 Å². The van der Waals surface area contributed by atoms with E-state index in [1.807, 2.05) is 41.1 Å². The van der Waals surface area contributed by atoms with Crippen molar-refractivity contribution in [3.63, 3.8) is 0 Å². The maximum Gasteiger partial charge on any atom is 0.241 e. The fourth-order valence-corrected chi connectivity index (χ4v) is 5.78. The van der Waals surface area contributed by atoms with Crippen molar-refractivity contribution in [1.82, 2.24) is 4.90 Å². The molecule has 0 N–H and O–H groups in total. The number of benzene rings is 1. The zero-order valence-electron chi connectivity index (χ0n) is 12.6. The van der Waals surface area contributed by atoms with Crippen LogP contribution in [0.4, 0.5) is 5.69 Å². The number of thioether (sulfide) groups is 1. The highest BCUT2D eigenvalue weighted by Crippen LogP contribution is 2.34. The summed E-state index contributed by atoms with van der Waals surface area (Å²) in [6.07, 6.45) is 0.624. The van der Waals surface area contributed by atoms with E-state index in [9.17, 15) is 13.2 Å². The Morgan fingerprint density at radius 2 is 2.18 bits per heavy atom. The lowest BCUT2D eigenvalue weighted by Gasteiger charge is -2.31. The van der Waals surface area contributed by atoms with Gasteiger partial charge in [0.1, 0.15) is 0 Å². The predicted molar refractivity (Wildman–Crippen MR) is 89.2 cm³/mol. The zero-order chi connectivity index (χ0) is 15.7. The highest BCUT2D eigenvalue weighted by Gasteiger charge is 2.32. The van der Waals surface area contributed by atoms with Crippen LogP contribution in [0.2, 0.25) is 0 Å². The molecule has 3 rings (SSSR count). The van der Waals surface area contributed by atoms with Crippen molar-refractivity contribution in [2.24, 2.45) is 0 Å². The number of amides is 1. The third-order valence-electron chi connectivity index (χ3n) is 4.25. The lowest BCUT2D eigenvalue weighted by molar-refractivity contribution is -0.119. The van der Waals surface area contributed by atoms with Gasteiger partial charge in [0.15, 0.2) is 9.84 Å². The van der Waals surface area contributed by atoms with Gasteiger partial charge in [-0.25, -0.2) is 8.42 Å². The van der Waals surface area contributed by atoms with Gasteiger partial charge in [-0.05, 0) is 25.6 Å². The summed E-state index contributed by atoms with van der Waals surface area (Å²) in [5.74, 6) is 1.34. The molecule has 0 saturated carbocycles. The maximum atomic E-state index is 12.6. The lowest BCUT2D eigenvalue weighted by Crippen LogP contribution is -2.45. The Morgan fingerprint density at radius 3 is 2.91 bits per heavy atom. The molecule has 1 fully saturated rings. The van der Waals surface area contributed by atoms with Crippen LogP contribution < -0.4 is 4.90 Å². The van der Waals surface area contributed by atoms with Crippen LogP contribution in [-0.2, 0) is 14.6 Å². The molecule has 1 aromatic carbocycles. The van der Waals surface area contributed by atoms with Crippen molar-refractivity contribution in [2.45, 2.75) is 17.4 Å². The summed E-state index contributed by atoms with van der Waals surface area (Å²) in [4.78, 5) is 17.5. The number of likely N-dealkylation sites (N-methyl/N-ethyl adjacent to an activating group) is 1. The largest absolute Gasteiger partial charge is 0.309 e. The van der Waals surface area contributed by atoms with E-state index in [4.69, 9.17) is 0 Å². The van der Waals surface area contributed by atoms with E-state index in [-0.39, 0.29) is 30.0 Å². The van der Waals surface area contributed by atoms with Crippen molar-refractivity contribution >= 4 is 33.2 Å². The van der Waals surface area contributed by atoms with Gasteiger partial charge < -0.3 is 4.90 Å². The quantitative estimate of drug-likeness (QED) is 0.829. The molecule has 1 aromatic rings. The minimum atomic E-state index is -2.92. The Labute approximate surface area is 135 Å². The number of sulfone groups is 1. The first-order valence-corrected chi connectivity index (χ1v) is 10.2. The first kappa shape index (κ1) is 15.8. The second-order valence-electron chi connectivity index (χ2n) is 5.83. The topological polar surface area (TPSA) is 57.7 Å². The zero-order valence-corrected chi connectivity index (χ0v) is 14.2. The minimum absolute atomic E-state index is 0.0386. The Morgan fingerprint density at radius 1 is 1.41 bits per heavy atom. The number of carbonyl (C=O) groups excluding carboxylic acids is 1. The van der Waals surface area contributed by atoms with Gasteiger partial charge in [0, 0.05) is 23.2 Å². The van der Waals surface area contributed by atoms with E-state index in [1.165, 1.54) is 0 Å². The van der Waals surface area contributed by atoms with E-state index in [2.05, 4.69) is 0 Å². The molecular weight excluding hydrogens is 320 g/mol. The highest BCUT2D eigenvalue weighted by atomic mass is 32.2. The molecule has 0 radical (unpaired) electrons. The first-order valence-electron chi connectivity index (χ1n) is 7.39. The minimum Gasteiger partial charge on any atom is -0.309 e. The van der Waals surface area contributed by atoms with E-state index in [0.717, 1.165) is 16.3 Å². The van der Waals surface area contributed by atoms with Crippen molar-refractivity contribution in [3.05, 3.63) is 24.3 Å². The van der Waals surface area contributed by atoms with E-state index >= 15 is 0 Å². The van der Waals surface area contributed by atoms with Gasteiger partial charge in [-0.1, -0.05) is 12.1 Å². The summed E-state index contributed by atoms with van der Waals surface area (Å²) >= 11 is 1.77. The SMILES string of the molecule is CN(CC(=O)N1CCSc2ccccc21)C1CCS(=O)(=O)C1. The van der Waals surface area contributed by atoms with Crippen LogP contribution in [0.1, 0.15) is 6.42 Å². The number of carbonyl (C=O) groups is 1. The Kier molecular flexibility index (Phi) is 4.47. The molecule has 120 valence electrons. The van der Waals surface area contributed by atoms with Crippen molar-refractivity contribution in [3.8, 4) is 0 Å². The van der Waals surface area contributed by atoms with Crippen LogP contribution in [0.5, 0.6) is 0 Å². The molecule has 1 amide bonds. The fourth-order valence-electron chi connectivity index (χ4n) is 2.98. The smallest absolute Gasteiger partial charge is 0.241 e. The molecule has 0 aliphatic carbocycles. The number of nitrogens with zero attached hydrogens (tertiary/aromatic N) is 2. The Bertz CT molecular complexity index is 675. The maximum absolute atomic E-state index is 12.6. The number of hydrogen-bond donors (Lipinski definition) is 0. The number of anilines is 1. The molecular formula is C15H20N2O3S2. The lowest BCUT2D eigenvalue weighted by atomic mass is 10.2. The van der Waals surface area contributed by atoms with Gasteiger partial charge in [-0.3, -0.25) is 9.69 Å². The van der Waals surface area contributed by atoms with Crippen molar-refractivity contribution in [1.29, 1.82) is 0 Å². The normalized spacial score (nSPS) is 23.5. The van der Waals surface area contributed by atoms with Crippen LogP contribution >= 0.6 is 11.8 Å². The number of para-hydroxylation sites is 1. The third-order valence-corrected chi connectivity index (χ3v) is 7.04. The molecule has 22 heavy (non-hydrogen) atoms. The highest BCUT2D eigenvalue weighted by molar-refractivity contribution is 7.99. The second-order valence-corrected chi connectivity index (χ2v) is 9.20. The molecule has 1 unspecified atom stereocenters. The summed E-state index contributed by atoms with van der Waals surface area (Å²) in [5, 5.41) is 0. The molecule has 2 aliphatic rings. The molecule has 1 atom stereocenters. The standard InChI is InChI=1S/C15H20N2O3S2/c1-16(12-6-9-22(19,20)11-12)10-15(18)17-7-8-21-14-5-3-2-4-13(14)17/h2-5,12H,6-11H2,1H3. The summed E-state index contributed by atoms with van der Waals surface area (Å²) < 4.78 is 23.1. The number of hydrogen-bond acceptors (Lipinski definition) is 5. The third kappa shape index (κ3) is 3.31. The monoisotopic (exact) mass is 340 g/mol. The van der Waals surface area contributed by atoms with Gasteiger partial charge in [0.25, 0.3) is 0 Å². The van der Waals surface area contributed by atoms with Gasteiger partial charge >= 0.3 is 0 Å². The summed E-state index contributed by atoms with van der Waals surface area (Å²) in [6.45, 7) is 0.969.